The van der Waals surface area contributed by atoms with E-state index >= 15 is 0 Å². The number of para-hydroxylation sites is 2. The van der Waals surface area contributed by atoms with Crippen molar-refractivity contribution in [3.05, 3.63) is 96.6 Å². The average Bonchev–Trinajstić information content (AvgIpc) is 3.54. The maximum absolute atomic E-state index is 13.2. The van der Waals surface area contributed by atoms with Gasteiger partial charge in [0.1, 0.15) is 11.4 Å². The van der Waals surface area contributed by atoms with E-state index in [1.807, 2.05) is 70.5 Å². The van der Waals surface area contributed by atoms with E-state index < -0.39 is 0 Å². The minimum atomic E-state index is -0.122. The summed E-state index contributed by atoms with van der Waals surface area (Å²) in [6.07, 6.45) is 3.18. The van der Waals surface area contributed by atoms with Gasteiger partial charge in [0, 0.05) is 61.8 Å². The fraction of sp³-hybridized carbons (Fsp3) is 0.214. The van der Waals surface area contributed by atoms with Crippen LogP contribution in [0.5, 0.6) is 0 Å². The summed E-state index contributed by atoms with van der Waals surface area (Å²) in [6, 6.07) is 22.4. The smallest absolute Gasteiger partial charge is 0.272 e. The number of likely N-dealkylation sites (tertiary alicyclic amines) is 2. The van der Waals surface area contributed by atoms with Crippen LogP contribution in [0, 0.1) is 11.8 Å². The molecule has 0 atom stereocenters. The minimum Gasteiger partial charge on any atom is -0.337 e. The summed E-state index contributed by atoms with van der Waals surface area (Å²) in [7, 11) is 0. The maximum Gasteiger partial charge on any atom is 0.272 e. The zero-order valence-corrected chi connectivity index (χ0v) is 20.6. The quantitative estimate of drug-likeness (QED) is 0.408. The van der Waals surface area contributed by atoms with Crippen LogP contribution in [0.25, 0.3) is 0 Å². The van der Waals surface area contributed by atoms with Crippen LogP contribution in [0.1, 0.15) is 21.0 Å². The summed E-state index contributed by atoms with van der Waals surface area (Å²) < 4.78 is 0. The SMILES string of the molecule is O=C(c1ccnc(Nc2ccccc2)n1)N1CC2CN(C(=O)c3ccnc(Nc4ccccc4)n3)CC2C1. The highest BCUT2D eigenvalue weighted by atomic mass is 16.2. The van der Waals surface area contributed by atoms with Crippen molar-refractivity contribution in [2.45, 2.75) is 0 Å². The lowest BCUT2D eigenvalue weighted by atomic mass is 10.0. The number of carbonyl (C=O) groups is 2. The Bertz CT molecular complexity index is 1330. The van der Waals surface area contributed by atoms with Gasteiger partial charge < -0.3 is 20.4 Å². The number of fused-ring (bicyclic) bond motifs is 1. The lowest BCUT2D eigenvalue weighted by Crippen LogP contribution is -2.36. The predicted octanol–water partition coefficient (Wildman–Crippen LogP) is 3.60. The molecule has 0 spiro atoms. The number of benzene rings is 2. The number of anilines is 4. The van der Waals surface area contributed by atoms with Crippen LogP contribution in [0.2, 0.25) is 0 Å². The Morgan fingerprint density at radius 3 is 1.39 bits per heavy atom. The van der Waals surface area contributed by atoms with Gasteiger partial charge in [-0.2, -0.15) is 0 Å². The van der Waals surface area contributed by atoms with Crippen molar-refractivity contribution in [2.75, 3.05) is 36.8 Å². The van der Waals surface area contributed by atoms with E-state index in [9.17, 15) is 9.59 Å². The second-order valence-corrected chi connectivity index (χ2v) is 9.45. The molecule has 2 aromatic heterocycles. The first kappa shape index (κ1) is 23.5. The number of hydrogen-bond acceptors (Lipinski definition) is 8. The first-order chi connectivity index (χ1) is 18.6. The van der Waals surface area contributed by atoms with Gasteiger partial charge in [0.05, 0.1) is 0 Å². The third-order valence-electron chi connectivity index (χ3n) is 6.87. The van der Waals surface area contributed by atoms with Crippen LogP contribution in [0.4, 0.5) is 23.3 Å². The molecule has 4 heterocycles. The fourth-order valence-corrected chi connectivity index (χ4v) is 5.03. The van der Waals surface area contributed by atoms with Gasteiger partial charge in [-0.3, -0.25) is 9.59 Å². The van der Waals surface area contributed by atoms with E-state index in [2.05, 4.69) is 30.6 Å². The van der Waals surface area contributed by atoms with Crippen molar-refractivity contribution in [3.8, 4) is 0 Å². The molecule has 4 aromatic rings. The lowest BCUT2D eigenvalue weighted by molar-refractivity contribution is 0.0732. The summed E-state index contributed by atoms with van der Waals surface area (Å²) in [4.78, 5) is 47.4. The van der Waals surface area contributed by atoms with Gasteiger partial charge in [-0.05, 0) is 36.4 Å². The molecule has 0 unspecified atom stereocenters. The Labute approximate surface area is 219 Å². The van der Waals surface area contributed by atoms with Gasteiger partial charge in [-0.1, -0.05) is 36.4 Å². The third kappa shape index (κ3) is 5.01. The number of aromatic nitrogens is 4. The van der Waals surface area contributed by atoms with E-state index in [4.69, 9.17) is 0 Å². The van der Waals surface area contributed by atoms with E-state index in [0.717, 1.165) is 11.4 Å². The molecule has 2 aromatic carbocycles. The first-order valence-corrected chi connectivity index (χ1v) is 12.5. The molecule has 0 bridgehead atoms. The number of hydrogen-bond donors (Lipinski definition) is 2. The van der Waals surface area contributed by atoms with Gasteiger partial charge in [0.25, 0.3) is 11.8 Å². The molecule has 0 aliphatic carbocycles. The topological polar surface area (TPSA) is 116 Å². The van der Waals surface area contributed by atoms with Crippen LogP contribution in [0.3, 0.4) is 0 Å². The van der Waals surface area contributed by atoms with E-state index in [-0.39, 0.29) is 23.7 Å². The second kappa shape index (κ2) is 10.3. The zero-order chi connectivity index (χ0) is 25.9. The largest absolute Gasteiger partial charge is 0.337 e. The molecule has 0 saturated carbocycles. The van der Waals surface area contributed by atoms with Crippen molar-refractivity contribution in [3.63, 3.8) is 0 Å². The van der Waals surface area contributed by atoms with Crippen molar-refractivity contribution in [1.29, 1.82) is 0 Å². The van der Waals surface area contributed by atoms with Crippen LogP contribution in [-0.2, 0) is 0 Å². The zero-order valence-electron chi connectivity index (χ0n) is 20.6. The molecule has 2 aliphatic heterocycles. The molecule has 6 rings (SSSR count). The Hall–Kier alpha value is -4.86. The van der Waals surface area contributed by atoms with Crippen LogP contribution in [0.15, 0.2) is 85.2 Å². The normalized spacial score (nSPS) is 18.2. The van der Waals surface area contributed by atoms with Gasteiger partial charge >= 0.3 is 0 Å². The maximum atomic E-state index is 13.2. The Morgan fingerprint density at radius 1 is 0.605 bits per heavy atom. The monoisotopic (exact) mass is 506 g/mol. The molecule has 2 saturated heterocycles. The molecule has 2 fully saturated rings. The summed E-state index contributed by atoms with van der Waals surface area (Å²) in [5.41, 5.74) is 2.41. The minimum absolute atomic E-state index is 0.122. The number of amides is 2. The van der Waals surface area contributed by atoms with E-state index in [1.54, 1.807) is 24.5 Å². The first-order valence-electron chi connectivity index (χ1n) is 12.5. The highest BCUT2D eigenvalue weighted by molar-refractivity contribution is 5.94. The summed E-state index contributed by atoms with van der Waals surface area (Å²) in [6.45, 7) is 2.35. The van der Waals surface area contributed by atoms with E-state index in [1.165, 1.54) is 0 Å². The summed E-state index contributed by atoms with van der Waals surface area (Å²) in [5, 5.41) is 6.26. The molecular formula is C28H26N8O2. The van der Waals surface area contributed by atoms with Crippen LogP contribution < -0.4 is 10.6 Å². The Balaban J connectivity index is 1.07. The Morgan fingerprint density at radius 2 is 1.00 bits per heavy atom. The van der Waals surface area contributed by atoms with Gasteiger partial charge in [0.2, 0.25) is 11.9 Å². The van der Waals surface area contributed by atoms with E-state index in [0.29, 0.717) is 49.5 Å². The molecule has 2 aliphatic rings. The highest BCUT2D eigenvalue weighted by Crippen LogP contribution is 2.32. The molecule has 10 nitrogen and oxygen atoms in total. The summed E-state index contributed by atoms with van der Waals surface area (Å²) in [5.74, 6) is 0.950. The molecular weight excluding hydrogens is 480 g/mol. The molecule has 38 heavy (non-hydrogen) atoms. The molecule has 2 amide bonds. The number of nitrogens with zero attached hydrogens (tertiary/aromatic N) is 6. The molecule has 0 radical (unpaired) electrons. The molecule has 10 heteroatoms. The summed E-state index contributed by atoms with van der Waals surface area (Å²) >= 11 is 0. The van der Waals surface area contributed by atoms with Gasteiger partial charge in [-0.15, -0.1) is 0 Å². The van der Waals surface area contributed by atoms with Gasteiger partial charge in [-0.25, -0.2) is 19.9 Å². The second-order valence-electron chi connectivity index (χ2n) is 9.45. The van der Waals surface area contributed by atoms with Gasteiger partial charge in [0.15, 0.2) is 0 Å². The van der Waals surface area contributed by atoms with Crippen molar-refractivity contribution >= 4 is 35.1 Å². The van der Waals surface area contributed by atoms with Crippen LogP contribution >= 0.6 is 0 Å². The molecule has 190 valence electrons. The van der Waals surface area contributed by atoms with Crippen molar-refractivity contribution in [1.82, 2.24) is 29.7 Å². The Kier molecular flexibility index (Phi) is 6.35. The predicted molar refractivity (Wildman–Crippen MR) is 142 cm³/mol. The van der Waals surface area contributed by atoms with Crippen molar-refractivity contribution in [2.24, 2.45) is 11.8 Å². The lowest BCUT2D eigenvalue weighted by Gasteiger charge is -2.21. The van der Waals surface area contributed by atoms with Crippen LogP contribution in [-0.4, -0.2) is 67.7 Å². The highest BCUT2D eigenvalue weighted by Gasteiger charge is 2.43. The average molecular weight is 507 g/mol. The number of carbonyl (C=O) groups excluding carboxylic acids is 2. The molecule has 2 N–H and O–H groups in total. The number of nitrogens with one attached hydrogen (secondary N) is 2. The number of rotatable bonds is 6. The van der Waals surface area contributed by atoms with Crippen molar-refractivity contribution < 1.29 is 9.59 Å². The standard InChI is InChI=1S/C28H26N8O2/c37-25(23-11-13-29-27(33-23)31-21-7-3-1-4-8-21)35-15-19-17-36(18-20(19)16-35)26(38)24-12-14-30-28(34-24)32-22-9-5-2-6-10-22/h1-14,19-20H,15-18H2,(H,29,31,33)(H,30,32,34). The third-order valence-corrected chi connectivity index (χ3v) is 6.87. The fourth-order valence-electron chi connectivity index (χ4n) is 5.03.